The van der Waals surface area contributed by atoms with Crippen LogP contribution in [-0.4, -0.2) is 34.8 Å². The topological polar surface area (TPSA) is 99.0 Å². The molecule has 1 aliphatic rings. The van der Waals surface area contributed by atoms with E-state index in [1.54, 1.807) is 30.3 Å². The van der Waals surface area contributed by atoms with Crippen LogP contribution in [0.25, 0.3) is 6.08 Å². The van der Waals surface area contributed by atoms with E-state index >= 15 is 0 Å². The van der Waals surface area contributed by atoms with Crippen molar-refractivity contribution in [1.29, 1.82) is 0 Å². The lowest BCUT2D eigenvalue weighted by Crippen LogP contribution is -2.27. The highest BCUT2D eigenvalue weighted by Gasteiger charge is 2.33. The maximum atomic E-state index is 12.8. The molecule has 2 aromatic carbocycles. The Labute approximate surface area is 175 Å². The molecule has 0 radical (unpaired) electrons. The smallest absolute Gasteiger partial charge is 0.343 e. The maximum Gasteiger partial charge on any atom is 0.343 e. The predicted molar refractivity (Wildman–Crippen MR) is 113 cm³/mol. The number of methoxy groups -OCH3 is 1. The SMILES string of the molecule is COC(=O)COc1ccc(/C=C2/SC(=S)N(c3ccc([N+](=O)[O-])cc3)C2=O)cc1. The van der Waals surface area contributed by atoms with Crippen LogP contribution in [0, 0.1) is 10.1 Å². The molecule has 29 heavy (non-hydrogen) atoms. The first-order valence-corrected chi connectivity index (χ1v) is 9.43. The Hall–Kier alpha value is -3.24. The third kappa shape index (κ3) is 4.79. The summed E-state index contributed by atoms with van der Waals surface area (Å²) in [6.45, 7) is -0.191. The van der Waals surface area contributed by atoms with Gasteiger partial charge in [0.25, 0.3) is 11.6 Å². The number of nitro benzene ring substituents is 1. The summed E-state index contributed by atoms with van der Waals surface area (Å²) >= 11 is 6.44. The largest absolute Gasteiger partial charge is 0.482 e. The fourth-order valence-electron chi connectivity index (χ4n) is 2.43. The summed E-state index contributed by atoms with van der Waals surface area (Å²) in [5, 5.41) is 10.8. The molecule has 3 rings (SSSR count). The quantitative estimate of drug-likeness (QED) is 0.226. The van der Waals surface area contributed by atoms with Crippen molar-refractivity contribution in [3.8, 4) is 5.75 Å². The van der Waals surface area contributed by atoms with Crippen LogP contribution >= 0.6 is 24.0 Å². The van der Waals surface area contributed by atoms with Crippen LogP contribution in [0.3, 0.4) is 0 Å². The lowest BCUT2D eigenvalue weighted by atomic mass is 10.2. The van der Waals surface area contributed by atoms with Crippen LogP contribution in [0.4, 0.5) is 11.4 Å². The highest BCUT2D eigenvalue weighted by molar-refractivity contribution is 8.27. The Morgan fingerprint density at radius 1 is 1.21 bits per heavy atom. The fourth-order valence-corrected chi connectivity index (χ4v) is 3.73. The lowest BCUT2D eigenvalue weighted by molar-refractivity contribution is -0.384. The molecule has 10 heteroatoms. The van der Waals surface area contributed by atoms with Crippen LogP contribution in [0.15, 0.2) is 53.4 Å². The van der Waals surface area contributed by atoms with Crippen molar-refractivity contribution in [3.63, 3.8) is 0 Å². The number of hydrogen-bond acceptors (Lipinski definition) is 8. The van der Waals surface area contributed by atoms with Gasteiger partial charge in [0.15, 0.2) is 10.9 Å². The second kappa shape index (κ2) is 8.84. The van der Waals surface area contributed by atoms with E-state index in [9.17, 15) is 19.7 Å². The van der Waals surface area contributed by atoms with Gasteiger partial charge in [0.2, 0.25) is 0 Å². The molecule has 1 saturated heterocycles. The zero-order valence-corrected chi connectivity index (χ0v) is 16.7. The van der Waals surface area contributed by atoms with E-state index in [2.05, 4.69) is 4.74 Å². The minimum Gasteiger partial charge on any atom is -0.482 e. The second-order valence-corrected chi connectivity index (χ2v) is 7.40. The van der Waals surface area contributed by atoms with Crippen molar-refractivity contribution < 1.29 is 24.0 Å². The van der Waals surface area contributed by atoms with Crippen molar-refractivity contribution in [1.82, 2.24) is 0 Å². The summed E-state index contributed by atoms with van der Waals surface area (Å²) in [5.41, 5.74) is 1.15. The number of amides is 1. The van der Waals surface area contributed by atoms with Gasteiger partial charge in [-0.15, -0.1) is 0 Å². The Kier molecular flexibility index (Phi) is 6.25. The Morgan fingerprint density at radius 3 is 2.45 bits per heavy atom. The number of esters is 1. The standard InChI is InChI=1S/C19H14N2O6S2/c1-26-17(22)11-27-15-8-2-12(3-9-15)10-16-18(23)20(19(28)29-16)13-4-6-14(7-5-13)21(24)25/h2-10H,11H2,1H3/b16-10+. The number of carbonyl (C=O) groups is 2. The molecule has 0 N–H and O–H groups in total. The number of carbonyl (C=O) groups excluding carboxylic acids is 2. The number of benzene rings is 2. The van der Waals surface area contributed by atoms with E-state index in [-0.39, 0.29) is 18.2 Å². The van der Waals surface area contributed by atoms with Gasteiger partial charge in [0, 0.05) is 12.1 Å². The van der Waals surface area contributed by atoms with E-state index in [1.165, 1.54) is 36.3 Å². The zero-order valence-electron chi connectivity index (χ0n) is 15.1. The monoisotopic (exact) mass is 430 g/mol. The molecule has 0 aliphatic carbocycles. The normalized spacial score (nSPS) is 14.9. The molecule has 8 nitrogen and oxygen atoms in total. The van der Waals surface area contributed by atoms with Gasteiger partial charge < -0.3 is 9.47 Å². The number of hydrogen-bond donors (Lipinski definition) is 0. The molecule has 0 aromatic heterocycles. The fraction of sp³-hybridized carbons (Fsp3) is 0.105. The summed E-state index contributed by atoms with van der Waals surface area (Å²) in [6.07, 6.45) is 1.69. The van der Waals surface area contributed by atoms with E-state index in [0.29, 0.717) is 20.7 Å². The molecule has 0 saturated carbocycles. The summed E-state index contributed by atoms with van der Waals surface area (Å²) in [7, 11) is 1.28. The minimum absolute atomic E-state index is 0.0655. The van der Waals surface area contributed by atoms with Crippen molar-refractivity contribution >= 4 is 57.6 Å². The molecular formula is C19H14N2O6S2. The molecule has 1 fully saturated rings. The highest BCUT2D eigenvalue weighted by Crippen LogP contribution is 2.36. The van der Waals surface area contributed by atoms with Crippen LogP contribution in [0.1, 0.15) is 5.56 Å². The molecule has 1 heterocycles. The van der Waals surface area contributed by atoms with Crippen LogP contribution in [-0.2, 0) is 14.3 Å². The van der Waals surface area contributed by atoms with E-state index < -0.39 is 10.9 Å². The lowest BCUT2D eigenvalue weighted by Gasteiger charge is -2.13. The number of thioether (sulfide) groups is 1. The van der Waals surface area contributed by atoms with Gasteiger partial charge in [-0.2, -0.15) is 0 Å². The van der Waals surface area contributed by atoms with Gasteiger partial charge >= 0.3 is 5.97 Å². The molecule has 0 atom stereocenters. The summed E-state index contributed by atoms with van der Waals surface area (Å²) in [6, 6.07) is 12.4. The molecular weight excluding hydrogens is 416 g/mol. The van der Waals surface area contributed by atoms with Crippen molar-refractivity contribution in [2.45, 2.75) is 0 Å². The number of non-ortho nitro benzene ring substituents is 1. The Bertz CT molecular complexity index is 1000. The minimum atomic E-state index is -0.507. The van der Waals surface area contributed by atoms with Crippen LogP contribution in [0.5, 0.6) is 5.75 Å². The number of ether oxygens (including phenoxy) is 2. The molecule has 1 aliphatic heterocycles. The van der Waals surface area contributed by atoms with Gasteiger partial charge in [-0.3, -0.25) is 19.8 Å². The second-order valence-electron chi connectivity index (χ2n) is 5.72. The third-order valence-electron chi connectivity index (χ3n) is 3.87. The van der Waals surface area contributed by atoms with Gasteiger partial charge in [-0.25, -0.2) is 4.79 Å². The van der Waals surface area contributed by atoms with E-state index in [0.717, 1.165) is 17.3 Å². The van der Waals surface area contributed by atoms with E-state index in [4.69, 9.17) is 17.0 Å². The van der Waals surface area contributed by atoms with Gasteiger partial charge in [-0.05, 0) is 35.9 Å². The maximum absolute atomic E-state index is 12.8. The zero-order chi connectivity index (χ0) is 21.0. The molecule has 0 bridgehead atoms. The van der Waals surface area contributed by atoms with Crippen molar-refractivity contribution in [3.05, 3.63) is 69.1 Å². The summed E-state index contributed by atoms with van der Waals surface area (Å²) < 4.78 is 10.1. The molecule has 0 unspecified atom stereocenters. The molecule has 1 amide bonds. The average molecular weight is 430 g/mol. The van der Waals surface area contributed by atoms with Crippen molar-refractivity contribution in [2.75, 3.05) is 18.6 Å². The molecule has 2 aromatic rings. The van der Waals surface area contributed by atoms with Gasteiger partial charge in [0.1, 0.15) is 5.75 Å². The molecule has 148 valence electrons. The summed E-state index contributed by atoms with van der Waals surface area (Å²) in [5.74, 6) is -0.296. The first-order valence-electron chi connectivity index (χ1n) is 8.21. The first-order chi connectivity index (χ1) is 13.9. The molecule has 0 spiro atoms. The van der Waals surface area contributed by atoms with E-state index in [1.807, 2.05) is 0 Å². The number of anilines is 1. The van der Waals surface area contributed by atoms with Crippen molar-refractivity contribution in [2.24, 2.45) is 0 Å². The third-order valence-corrected chi connectivity index (χ3v) is 5.18. The summed E-state index contributed by atoms with van der Waals surface area (Å²) in [4.78, 5) is 35.9. The number of thiocarbonyl (C=S) groups is 1. The Balaban J connectivity index is 1.74. The Morgan fingerprint density at radius 2 is 1.86 bits per heavy atom. The van der Waals surface area contributed by atoms with Gasteiger partial charge in [-0.1, -0.05) is 36.1 Å². The number of nitrogens with zero attached hydrogens (tertiary/aromatic N) is 2. The van der Waals surface area contributed by atoms with Crippen LogP contribution < -0.4 is 9.64 Å². The first kappa shape index (κ1) is 20.5. The number of nitro groups is 1. The van der Waals surface area contributed by atoms with Gasteiger partial charge in [0.05, 0.1) is 22.6 Å². The average Bonchev–Trinajstić information content (AvgIpc) is 3.00. The highest BCUT2D eigenvalue weighted by atomic mass is 32.2. The van der Waals surface area contributed by atoms with Crippen LogP contribution in [0.2, 0.25) is 0 Å². The predicted octanol–water partition coefficient (Wildman–Crippen LogP) is 3.55. The number of rotatable bonds is 6.